The zero-order valence-electron chi connectivity index (χ0n) is 12.6. The van der Waals surface area contributed by atoms with Crippen LogP contribution in [0.2, 0.25) is 0 Å². The molecule has 1 aromatic heterocycles. The van der Waals surface area contributed by atoms with Gasteiger partial charge in [0.05, 0.1) is 12.1 Å². The molecule has 3 nitrogen and oxygen atoms in total. The molecule has 2 unspecified atom stereocenters. The number of hydrogen-bond acceptors (Lipinski definition) is 4. The van der Waals surface area contributed by atoms with Crippen molar-refractivity contribution in [3.63, 3.8) is 0 Å². The van der Waals surface area contributed by atoms with E-state index in [0.717, 1.165) is 31.9 Å². The lowest BCUT2D eigenvalue weighted by Gasteiger charge is -2.40. The van der Waals surface area contributed by atoms with Gasteiger partial charge < -0.3 is 15.1 Å². The average molecular weight is 317 g/mol. The molecule has 0 bridgehead atoms. The number of fused-ring (bicyclic) bond motifs is 3. The smallest absolute Gasteiger partial charge is 0.125 e. The first-order chi connectivity index (χ1) is 10.7. The molecule has 0 radical (unpaired) electrons. The van der Waals surface area contributed by atoms with Crippen molar-refractivity contribution in [2.75, 3.05) is 38.1 Å². The second-order valence-corrected chi connectivity index (χ2v) is 7.15. The summed E-state index contributed by atoms with van der Waals surface area (Å²) >= 11 is 1.76. The van der Waals surface area contributed by atoms with Crippen LogP contribution < -0.4 is 10.2 Å². The van der Waals surface area contributed by atoms with Gasteiger partial charge in [0.15, 0.2) is 0 Å². The summed E-state index contributed by atoms with van der Waals surface area (Å²) in [6.07, 6.45) is 0. The zero-order valence-corrected chi connectivity index (χ0v) is 13.4. The van der Waals surface area contributed by atoms with Gasteiger partial charge in [0.25, 0.3) is 0 Å². The number of hydrogen-bond donors (Lipinski definition) is 1. The van der Waals surface area contributed by atoms with E-state index in [1.165, 1.54) is 10.4 Å². The Morgan fingerprint density at radius 1 is 1.27 bits per heavy atom. The summed E-state index contributed by atoms with van der Waals surface area (Å²) in [4.78, 5) is 6.04. The van der Waals surface area contributed by atoms with Crippen LogP contribution in [0, 0.1) is 5.82 Å². The van der Waals surface area contributed by atoms with Crippen molar-refractivity contribution < 1.29 is 4.39 Å². The minimum Gasteiger partial charge on any atom is -0.364 e. The second-order valence-electron chi connectivity index (χ2n) is 6.17. The Hall–Kier alpha value is -1.43. The summed E-state index contributed by atoms with van der Waals surface area (Å²) in [5, 5.41) is 5.80. The van der Waals surface area contributed by atoms with Crippen LogP contribution in [0.5, 0.6) is 0 Å². The maximum Gasteiger partial charge on any atom is 0.125 e. The number of anilines is 1. The van der Waals surface area contributed by atoms with Crippen LogP contribution in [0.15, 0.2) is 35.7 Å². The predicted octanol–water partition coefficient (Wildman–Crippen LogP) is 2.70. The number of piperazine rings is 1. The third-order valence-electron chi connectivity index (χ3n) is 4.68. The molecule has 1 fully saturated rings. The Labute approximate surface area is 134 Å². The molecule has 0 spiro atoms. The Morgan fingerprint density at radius 2 is 2.18 bits per heavy atom. The SMILES string of the molecule is CN1CCN2c3cc(F)ccc3C(c3cccs3)NCC2C1. The van der Waals surface area contributed by atoms with Crippen LogP contribution >= 0.6 is 11.3 Å². The van der Waals surface area contributed by atoms with Crippen molar-refractivity contribution in [2.24, 2.45) is 0 Å². The average Bonchev–Trinajstić information content (AvgIpc) is 2.98. The molecular weight excluding hydrogens is 297 g/mol. The molecule has 3 heterocycles. The number of nitrogens with zero attached hydrogens (tertiary/aromatic N) is 2. The fraction of sp³-hybridized carbons (Fsp3) is 0.412. The highest BCUT2D eigenvalue weighted by Crippen LogP contribution is 2.37. The quantitative estimate of drug-likeness (QED) is 0.872. The summed E-state index contributed by atoms with van der Waals surface area (Å²) in [5.41, 5.74) is 2.25. The topological polar surface area (TPSA) is 18.5 Å². The number of thiophene rings is 1. The van der Waals surface area contributed by atoms with E-state index in [1.807, 2.05) is 6.07 Å². The van der Waals surface area contributed by atoms with E-state index in [1.54, 1.807) is 23.5 Å². The molecule has 2 aliphatic rings. The highest BCUT2D eigenvalue weighted by atomic mass is 32.1. The highest BCUT2D eigenvalue weighted by molar-refractivity contribution is 7.10. The molecule has 5 heteroatoms. The fourth-order valence-electron chi connectivity index (χ4n) is 3.59. The van der Waals surface area contributed by atoms with Gasteiger partial charge in [-0.15, -0.1) is 11.3 Å². The lowest BCUT2D eigenvalue weighted by atomic mass is 10.0. The Morgan fingerprint density at radius 3 is 3.00 bits per heavy atom. The zero-order chi connectivity index (χ0) is 15.1. The lowest BCUT2D eigenvalue weighted by Crippen LogP contribution is -2.54. The number of rotatable bonds is 1. The van der Waals surface area contributed by atoms with Gasteiger partial charge in [0.2, 0.25) is 0 Å². The van der Waals surface area contributed by atoms with Gasteiger partial charge in [0.1, 0.15) is 5.82 Å². The maximum atomic E-state index is 13.9. The van der Waals surface area contributed by atoms with Crippen molar-refractivity contribution in [1.29, 1.82) is 0 Å². The van der Waals surface area contributed by atoms with Crippen molar-refractivity contribution >= 4 is 17.0 Å². The molecular formula is C17H20FN3S. The molecule has 22 heavy (non-hydrogen) atoms. The Bertz CT molecular complexity index is 658. The fourth-order valence-corrected chi connectivity index (χ4v) is 4.40. The van der Waals surface area contributed by atoms with Gasteiger partial charge in [0, 0.05) is 36.7 Å². The van der Waals surface area contributed by atoms with Crippen LogP contribution in [-0.4, -0.2) is 44.2 Å². The highest BCUT2D eigenvalue weighted by Gasteiger charge is 2.33. The molecule has 116 valence electrons. The van der Waals surface area contributed by atoms with Crippen molar-refractivity contribution in [3.05, 3.63) is 52.0 Å². The van der Waals surface area contributed by atoms with Crippen LogP contribution in [0.25, 0.3) is 0 Å². The lowest BCUT2D eigenvalue weighted by molar-refractivity contribution is 0.264. The van der Waals surface area contributed by atoms with E-state index in [0.29, 0.717) is 6.04 Å². The molecule has 4 rings (SSSR count). The first-order valence-corrected chi connectivity index (χ1v) is 8.62. The van der Waals surface area contributed by atoms with E-state index in [9.17, 15) is 4.39 Å². The largest absolute Gasteiger partial charge is 0.364 e. The van der Waals surface area contributed by atoms with Gasteiger partial charge in [-0.25, -0.2) is 4.39 Å². The van der Waals surface area contributed by atoms with Gasteiger partial charge in [-0.05, 0) is 36.2 Å². The summed E-state index contributed by atoms with van der Waals surface area (Å²) in [5.74, 6) is -0.150. The summed E-state index contributed by atoms with van der Waals surface area (Å²) in [6.45, 7) is 3.91. The third kappa shape index (κ3) is 2.43. The van der Waals surface area contributed by atoms with Gasteiger partial charge in [-0.2, -0.15) is 0 Å². The number of benzene rings is 1. The number of halogens is 1. The standard InChI is InChI=1S/C17H20FN3S/c1-20-6-7-21-13(11-20)10-19-17(16-3-2-8-22-16)14-5-4-12(18)9-15(14)21/h2-5,8-9,13,17,19H,6-7,10-11H2,1H3. The molecule has 0 aliphatic carbocycles. The van der Waals surface area contributed by atoms with E-state index >= 15 is 0 Å². The molecule has 1 saturated heterocycles. The molecule has 1 N–H and O–H groups in total. The minimum absolute atomic E-state index is 0.150. The minimum atomic E-state index is -0.150. The maximum absolute atomic E-state index is 13.9. The van der Waals surface area contributed by atoms with Gasteiger partial charge >= 0.3 is 0 Å². The first kappa shape index (κ1) is 14.2. The van der Waals surface area contributed by atoms with Crippen molar-refractivity contribution in [3.8, 4) is 0 Å². The molecule has 2 atom stereocenters. The molecule has 2 aromatic rings. The van der Waals surface area contributed by atoms with Crippen molar-refractivity contribution in [1.82, 2.24) is 10.2 Å². The van der Waals surface area contributed by atoms with Crippen LogP contribution in [0.3, 0.4) is 0 Å². The van der Waals surface area contributed by atoms with Gasteiger partial charge in [-0.3, -0.25) is 0 Å². The predicted molar refractivity (Wildman–Crippen MR) is 89.2 cm³/mol. The van der Waals surface area contributed by atoms with E-state index < -0.39 is 0 Å². The summed E-state index contributed by atoms with van der Waals surface area (Å²) in [6, 6.07) is 10.0. The number of nitrogens with one attached hydrogen (secondary N) is 1. The van der Waals surface area contributed by atoms with Gasteiger partial charge in [-0.1, -0.05) is 12.1 Å². The molecule has 2 aliphatic heterocycles. The third-order valence-corrected chi connectivity index (χ3v) is 5.62. The van der Waals surface area contributed by atoms with Crippen LogP contribution in [0.1, 0.15) is 16.5 Å². The normalized spacial score (nSPS) is 25.5. The first-order valence-electron chi connectivity index (χ1n) is 7.74. The second kappa shape index (κ2) is 5.65. The Kier molecular flexibility index (Phi) is 3.64. The molecule has 0 amide bonds. The molecule has 1 aromatic carbocycles. The van der Waals surface area contributed by atoms with Crippen LogP contribution in [-0.2, 0) is 0 Å². The van der Waals surface area contributed by atoms with E-state index in [2.05, 4.69) is 39.7 Å². The van der Waals surface area contributed by atoms with Crippen LogP contribution in [0.4, 0.5) is 10.1 Å². The summed E-state index contributed by atoms with van der Waals surface area (Å²) in [7, 11) is 2.16. The van der Waals surface area contributed by atoms with E-state index in [-0.39, 0.29) is 11.9 Å². The number of likely N-dealkylation sites (N-methyl/N-ethyl adjacent to an activating group) is 1. The summed E-state index contributed by atoms with van der Waals surface area (Å²) < 4.78 is 13.9. The van der Waals surface area contributed by atoms with Crippen molar-refractivity contribution in [2.45, 2.75) is 12.1 Å². The monoisotopic (exact) mass is 317 g/mol. The molecule has 0 saturated carbocycles. The Balaban J connectivity index is 1.80. The van der Waals surface area contributed by atoms with E-state index in [4.69, 9.17) is 0 Å².